The van der Waals surface area contributed by atoms with Crippen LogP contribution in [0.5, 0.6) is 0 Å². The molecule has 0 aromatic rings. The van der Waals surface area contributed by atoms with Gasteiger partial charge in [-0.2, -0.15) is 0 Å². The number of hydrogen-bond donors (Lipinski definition) is 1. The normalized spacial score (nSPS) is 12.8. The zero-order chi connectivity index (χ0) is 64.7. The topological polar surface area (TPSA) is 72.8 Å². The van der Waals surface area contributed by atoms with Crippen molar-refractivity contribution in [2.45, 2.75) is 405 Å². The molecule has 0 amide bonds. The molecule has 1 N–H and O–H groups in total. The summed E-state index contributed by atoms with van der Waals surface area (Å²) in [7, 11) is 0. The number of carbonyl (C=O) groups excluding carboxylic acids is 2. The van der Waals surface area contributed by atoms with E-state index in [4.69, 9.17) is 9.47 Å². The summed E-state index contributed by atoms with van der Waals surface area (Å²) in [5, 5.41) is 9.73. The molecule has 0 aliphatic carbocycles. The number of carbonyl (C=O) groups is 2. The minimum absolute atomic E-state index is 0.0651. The minimum atomic E-state index is -0.777. The van der Waals surface area contributed by atoms with E-state index in [2.05, 4.69) is 123 Å². The standard InChI is InChI=1S/C85H150O5/c1-3-5-7-9-11-13-15-17-19-21-23-25-27-29-31-33-35-37-39-41-42-44-46-48-50-52-54-56-58-60-62-64-66-68-70-72-74-76-78-80-85(88)90-83(81-86)82-89-84(87)79-77-75-73-71-69-67-65-63-61-59-57-55-53-51-49-47-45-43-40-38-36-34-32-30-28-26-24-22-20-18-16-14-12-10-8-6-4-2/h5,7,11,13,17,19,22-25,29,31,35,37,41-42,46,48,83,86H,3-4,6,8-10,12,14-16,18,20-21,26-28,30,32-34,36,38-40,43-45,47,49-82H2,1-2H3/b7-5-,13-11-,19-17-,24-22-,25-23-,31-29-,37-35-,42-41-,48-46-. The number of aliphatic hydroxyl groups excluding tert-OH is 1. The molecule has 0 saturated carbocycles. The largest absolute Gasteiger partial charge is 0.462 e. The van der Waals surface area contributed by atoms with E-state index in [0.717, 1.165) is 89.9 Å². The minimum Gasteiger partial charge on any atom is -0.462 e. The molecule has 90 heavy (non-hydrogen) atoms. The van der Waals surface area contributed by atoms with Crippen molar-refractivity contribution < 1.29 is 24.2 Å². The fourth-order valence-corrected chi connectivity index (χ4v) is 11.7. The van der Waals surface area contributed by atoms with Gasteiger partial charge in [-0.15, -0.1) is 0 Å². The Balaban J connectivity index is 3.44. The summed E-state index contributed by atoms with van der Waals surface area (Å²) in [6.07, 6.45) is 116. The van der Waals surface area contributed by atoms with E-state index in [9.17, 15) is 14.7 Å². The smallest absolute Gasteiger partial charge is 0.306 e. The number of esters is 2. The van der Waals surface area contributed by atoms with Gasteiger partial charge in [0, 0.05) is 12.8 Å². The van der Waals surface area contributed by atoms with Gasteiger partial charge >= 0.3 is 11.9 Å². The maximum Gasteiger partial charge on any atom is 0.306 e. The van der Waals surface area contributed by atoms with Crippen LogP contribution in [0.2, 0.25) is 0 Å². The van der Waals surface area contributed by atoms with Crippen LogP contribution in [0.15, 0.2) is 109 Å². The van der Waals surface area contributed by atoms with Crippen LogP contribution in [0.3, 0.4) is 0 Å². The average molecular weight is 1250 g/mol. The number of rotatable bonds is 73. The van der Waals surface area contributed by atoms with Gasteiger partial charge in [0.15, 0.2) is 6.10 Å². The molecule has 0 heterocycles. The summed E-state index contributed by atoms with van der Waals surface area (Å²) in [5.41, 5.74) is 0. The van der Waals surface area contributed by atoms with Crippen LogP contribution in [-0.2, 0) is 19.1 Å². The summed E-state index contributed by atoms with van der Waals surface area (Å²) in [6.45, 7) is 4.07. The van der Waals surface area contributed by atoms with Gasteiger partial charge in [-0.05, 0) is 103 Å². The first-order valence-electron chi connectivity index (χ1n) is 39.4. The highest BCUT2D eigenvalue weighted by molar-refractivity contribution is 5.70. The van der Waals surface area contributed by atoms with E-state index in [1.165, 1.54) is 283 Å². The highest BCUT2D eigenvalue weighted by Gasteiger charge is 2.16. The molecule has 0 bridgehead atoms. The maximum atomic E-state index is 12.4. The lowest BCUT2D eigenvalue weighted by Crippen LogP contribution is -2.28. The van der Waals surface area contributed by atoms with Crippen LogP contribution < -0.4 is 0 Å². The third kappa shape index (κ3) is 77.0. The third-order valence-electron chi connectivity index (χ3n) is 17.6. The van der Waals surface area contributed by atoms with Crippen molar-refractivity contribution in [3.05, 3.63) is 109 Å². The zero-order valence-electron chi connectivity index (χ0n) is 59.9. The van der Waals surface area contributed by atoms with Crippen LogP contribution in [0.4, 0.5) is 0 Å². The van der Waals surface area contributed by atoms with Crippen molar-refractivity contribution in [3.63, 3.8) is 0 Å². The fourth-order valence-electron chi connectivity index (χ4n) is 11.7. The summed E-state index contributed by atoms with van der Waals surface area (Å²) < 4.78 is 10.8. The number of allylic oxidation sites excluding steroid dienone is 18. The van der Waals surface area contributed by atoms with Crippen LogP contribution in [0, 0.1) is 0 Å². The lowest BCUT2D eigenvalue weighted by atomic mass is 10.0. The van der Waals surface area contributed by atoms with Crippen LogP contribution in [0.1, 0.15) is 399 Å². The van der Waals surface area contributed by atoms with Crippen molar-refractivity contribution in [1.82, 2.24) is 0 Å². The molecule has 0 aliphatic rings. The number of ether oxygens (including phenoxy) is 2. The van der Waals surface area contributed by atoms with Gasteiger partial charge in [0.2, 0.25) is 0 Å². The predicted molar refractivity (Wildman–Crippen MR) is 399 cm³/mol. The van der Waals surface area contributed by atoms with Gasteiger partial charge in [-0.3, -0.25) is 9.59 Å². The Morgan fingerprint density at radius 1 is 0.267 bits per heavy atom. The first kappa shape index (κ1) is 86.6. The number of unbranched alkanes of at least 4 members (excludes halogenated alkanes) is 47. The molecular formula is C85H150O5. The quantitative estimate of drug-likeness (QED) is 0.0373. The van der Waals surface area contributed by atoms with Crippen LogP contribution >= 0.6 is 0 Å². The van der Waals surface area contributed by atoms with Gasteiger partial charge in [-0.1, -0.05) is 393 Å². The lowest BCUT2D eigenvalue weighted by Gasteiger charge is -2.15. The molecule has 0 spiro atoms. The van der Waals surface area contributed by atoms with Gasteiger partial charge in [0.25, 0.3) is 0 Å². The predicted octanol–water partition coefficient (Wildman–Crippen LogP) is 27.9. The molecule has 1 atom stereocenters. The SMILES string of the molecule is CC/C=C\C/C=C\C/C=C\C/C=C\C/C=C\C/C=C\C/C=C\C/C=C\CCCCCCCCCCCCCCCCC(=O)OC(CO)COC(=O)CCCCCCCCCCCCCCCCCCCCCCCCCCC/C=C\CCCCCCCCCC. The second kappa shape index (κ2) is 79.8. The van der Waals surface area contributed by atoms with Crippen molar-refractivity contribution in [2.24, 2.45) is 0 Å². The Morgan fingerprint density at radius 3 is 0.733 bits per heavy atom. The molecular weight excluding hydrogens is 1100 g/mol. The summed E-state index contributed by atoms with van der Waals surface area (Å²) in [4.78, 5) is 24.7. The Hall–Kier alpha value is -3.44. The van der Waals surface area contributed by atoms with E-state index in [1.54, 1.807) is 0 Å². The molecule has 0 radical (unpaired) electrons. The lowest BCUT2D eigenvalue weighted by molar-refractivity contribution is -0.161. The summed E-state index contributed by atoms with van der Waals surface area (Å²) >= 11 is 0. The Kier molecular flexibility index (Phi) is 76.7. The van der Waals surface area contributed by atoms with E-state index in [1.807, 2.05) is 0 Å². The van der Waals surface area contributed by atoms with E-state index in [0.29, 0.717) is 12.8 Å². The zero-order valence-corrected chi connectivity index (χ0v) is 59.9. The van der Waals surface area contributed by atoms with Crippen molar-refractivity contribution >= 4 is 11.9 Å². The maximum absolute atomic E-state index is 12.4. The highest BCUT2D eigenvalue weighted by atomic mass is 16.6. The van der Waals surface area contributed by atoms with Crippen molar-refractivity contribution in [1.29, 1.82) is 0 Å². The summed E-state index contributed by atoms with van der Waals surface area (Å²) in [5.74, 6) is -0.576. The monoisotopic (exact) mass is 1250 g/mol. The van der Waals surface area contributed by atoms with Gasteiger partial charge in [0.1, 0.15) is 6.61 Å². The molecule has 520 valence electrons. The molecule has 0 aromatic carbocycles. The second-order valence-corrected chi connectivity index (χ2v) is 26.4. The highest BCUT2D eigenvalue weighted by Crippen LogP contribution is 2.19. The van der Waals surface area contributed by atoms with E-state index < -0.39 is 6.10 Å². The average Bonchev–Trinajstić information content (AvgIpc) is 3.59. The van der Waals surface area contributed by atoms with E-state index >= 15 is 0 Å². The van der Waals surface area contributed by atoms with Gasteiger partial charge in [-0.25, -0.2) is 0 Å². The molecule has 1 unspecified atom stereocenters. The number of aliphatic hydroxyl groups is 1. The molecule has 0 aliphatic heterocycles. The third-order valence-corrected chi connectivity index (χ3v) is 17.6. The molecule has 0 saturated heterocycles. The number of hydrogen-bond acceptors (Lipinski definition) is 5. The Bertz CT molecular complexity index is 1710. The molecule has 5 heteroatoms. The second-order valence-electron chi connectivity index (χ2n) is 26.4. The molecule has 5 nitrogen and oxygen atoms in total. The summed E-state index contributed by atoms with van der Waals surface area (Å²) in [6, 6.07) is 0. The van der Waals surface area contributed by atoms with Gasteiger partial charge in [0.05, 0.1) is 6.61 Å². The molecule has 0 rings (SSSR count). The first-order valence-corrected chi connectivity index (χ1v) is 39.4. The van der Waals surface area contributed by atoms with Crippen LogP contribution in [0.25, 0.3) is 0 Å². The Morgan fingerprint density at radius 2 is 0.478 bits per heavy atom. The van der Waals surface area contributed by atoms with Crippen LogP contribution in [-0.4, -0.2) is 36.4 Å². The fraction of sp³-hybridized carbons (Fsp3) is 0.765. The van der Waals surface area contributed by atoms with Gasteiger partial charge < -0.3 is 14.6 Å². The Labute approximate surface area is 561 Å². The van der Waals surface area contributed by atoms with Crippen molar-refractivity contribution in [3.8, 4) is 0 Å². The van der Waals surface area contributed by atoms with E-state index in [-0.39, 0.29) is 25.2 Å². The first-order chi connectivity index (χ1) is 44.6. The molecule has 0 aromatic heterocycles. The van der Waals surface area contributed by atoms with Crippen molar-refractivity contribution in [2.75, 3.05) is 13.2 Å². The molecule has 0 fully saturated rings.